The van der Waals surface area contributed by atoms with Gasteiger partial charge in [0.2, 0.25) is 0 Å². The van der Waals surface area contributed by atoms with E-state index in [-0.39, 0.29) is 24.3 Å². The minimum atomic E-state index is -0.887. The Hall–Kier alpha value is -1.10. The maximum Gasteiger partial charge on any atom is 0.323 e. The van der Waals surface area contributed by atoms with Crippen LogP contribution in [0.1, 0.15) is 27.2 Å². The minimum Gasteiger partial charge on any atom is -0.481 e. The number of hydrogen-bond donors (Lipinski definition) is 2. The highest BCUT2D eigenvalue weighted by molar-refractivity contribution is 5.76. The van der Waals surface area contributed by atoms with E-state index in [4.69, 9.17) is 5.11 Å². The molecule has 0 fully saturated rings. The zero-order valence-corrected chi connectivity index (χ0v) is 9.61. The van der Waals surface area contributed by atoms with Crippen LogP contribution in [0.25, 0.3) is 0 Å². The molecule has 0 heterocycles. The van der Waals surface area contributed by atoms with Crippen LogP contribution in [-0.2, 0) is 14.3 Å². The van der Waals surface area contributed by atoms with Gasteiger partial charge in [-0.1, -0.05) is 13.8 Å². The first-order valence-corrected chi connectivity index (χ1v) is 4.94. The Kier molecular flexibility index (Phi) is 5.93. The number of methoxy groups -OCH3 is 1. The van der Waals surface area contributed by atoms with E-state index in [9.17, 15) is 9.59 Å². The van der Waals surface area contributed by atoms with Gasteiger partial charge in [0.15, 0.2) is 0 Å². The standard InChI is InChI=1S/C10H19NO4/c1-6(2)9(10(14)15-4)11-7(3)5-8(12)13/h6-7,9,11H,5H2,1-4H3,(H,12,13). The van der Waals surface area contributed by atoms with Crippen molar-refractivity contribution in [1.82, 2.24) is 5.32 Å². The molecule has 0 amide bonds. The molecule has 5 nitrogen and oxygen atoms in total. The van der Waals surface area contributed by atoms with Crippen LogP contribution in [0, 0.1) is 5.92 Å². The topological polar surface area (TPSA) is 75.6 Å². The number of ether oxygens (including phenoxy) is 1. The lowest BCUT2D eigenvalue weighted by Crippen LogP contribution is -2.46. The van der Waals surface area contributed by atoms with Gasteiger partial charge < -0.3 is 15.2 Å². The van der Waals surface area contributed by atoms with Crippen molar-refractivity contribution in [3.8, 4) is 0 Å². The highest BCUT2D eigenvalue weighted by atomic mass is 16.5. The van der Waals surface area contributed by atoms with Crippen LogP contribution < -0.4 is 5.32 Å². The Bertz CT molecular complexity index is 227. The summed E-state index contributed by atoms with van der Waals surface area (Å²) in [6.45, 7) is 5.48. The molecule has 0 aromatic heterocycles. The van der Waals surface area contributed by atoms with E-state index in [2.05, 4.69) is 10.1 Å². The Morgan fingerprint density at radius 1 is 1.33 bits per heavy atom. The van der Waals surface area contributed by atoms with E-state index in [1.54, 1.807) is 6.92 Å². The van der Waals surface area contributed by atoms with Crippen molar-refractivity contribution in [3.05, 3.63) is 0 Å². The van der Waals surface area contributed by atoms with Crippen molar-refractivity contribution >= 4 is 11.9 Å². The van der Waals surface area contributed by atoms with Crippen LogP contribution in [0.3, 0.4) is 0 Å². The first-order chi connectivity index (χ1) is 6.88. The van der Waals surface area contributed by atoms with Gasteiger partial charge in [-0.25, -0.2) is 0 Å². The third-order valence-electron chi connectivity index (χ3n) is 2.07. The Labute approximate surface area is 89.8 Å². The molecule has 5 heteroatoms. The summed E-state index contributed by atoms with van der Waals surface area (Å²) in [6.07, 6.45) is -0.0137. The highest BCUT2D eigenvalue weighted by Crippen LogP contribution is 2.06. The van der Waals surface area contributed by atoms with Gasteiger partial charge in [0, 0.05) is 6.04 Å². The van der Waals surface area contributed by atoms with Gasteiger partial charge in [0.25, 0.3) is 0 Å². The van der Waals surface area contributed by atoms with E-state index in [1.807, 2.05) is 13.8 Å². The van der Waals surface area contributed by atoms with Gasteiger partial charge in [-0.2, -0.15) is 0 Å². The molecule has 0 aromatic carbocycles. The summed E-state index contributed by atoms with van der Waals surface area (Å²) in [5.74, 6) is -1.18. The molecule has 0 radical (unpaired) electrons. The summed E-state index contributed by atoms with van der Waals surface area (Å²) in [4.78, 5) is 21.8. The fourth-order valence-electron chi connectivity index (χ4n) is 1.29. The van der Waals surface area contributed by atoms with Crippen LogP contribution in [0.5, 0.6) is 0 Å². The Morgan fingerprint density at radius 2 is 1.87 bits per heavy atom. The zero-order chi connectivity index (χ0) is 12.0. The predicted octanol–water partition coefficient (Wildman–Crippen LogP) is 0.637. The molecule has 0 bridgehead atoms. The average molecular weight is 217 g/mol. The second kappa shape index (κ2) is 6.40. The lowest BCUT2D eigenvalue weighted by Gasteiger charge is -2.23. The fourth-order valence-corrected chi connectivity index (χ4v) is 1.29. The second-order valence-electron chi connectivity index (χ2n) is 3.91. The first kappa shape index (κ1) is 13.9. The van der Waals surface area contributed by atoms with Crippen molar-refractivity contribution in [2.24, 2.45) is 5.92 Å². The van der Waals surface area contributed by atoms with E-state index < -0.39 is 12.0 Å². The monoisotopic (exact) mass is 217 g/mol. The molecule has 88 valence electrons. The van der Waals surface area contributed by atoms with Crippen LogP contribution in [-0.4, -0.2) is 36.2 Å². The Balaban J connectivity index is 4.28. The van der Waals surface area contributed by atoms with Gasteiger partial charge in [-0.05, 0) is 12.8 Å². The van der Waals surface area contributed by atoms with Gasteiger partial charge in [0.1, 0.15) is 6.04 Å². The SMILES string of the molecule is COC(=O)C(NC(C)CC(=O)O)C(C)C. The molecule has 2 atom stereocenters. The summed E-state index contributed by atoms with van der Waals surface area (Å²) in [5.41, 5.74) is 0. The molecule has 0 aromatic rings. The van der Waals surface area contributed by atoms with E-state index in [1.165, 1.54) is 7.11 Å². The second-order valence-corrected chi connectivity index (χ2v) is 3.91. The Morgan fingerprint density at radius 3 is 2.20 bits per heavy atom. The van der Waals surface area contributed by atoms with Crippen molar-refractivity contribution in [2.45, 2.75) is 39.3 Å². The number of carbonyl (C=O) groups excluding carboxylic acids is 1. The number of carbonyl (C=O) groups is 2. The first-order valence-electron chi connectivity index (χ1n) is 4.94. The minimum absolute atomic E-state index is 0.0137. The van der Waals surface area contributed by atoms with Crippen LogP contribution in [0.15, 0.2) is 0 Å². The van der Waals surface area contributed by atoms with Gasteiger partial charge in [-0.3, -0.25) is 9.59 Å². The van der Waals surface area contributed by atoms with Crippen LogP contribution in [0.2, 0.25) is 0 Å². The fraction of sp³-hybridized carbons (Fsp3) is 0.800. The smallest absolute Gasteiger partial charge is 0.323 e. The predicted molar refractivity (Wildman–Crippen MR) is 55.5 cm³/mol. The van der Waals surface area contributed by atoms with E-state index in [0.717, 1.165) is 0 Å². The van der Waals surface area contributed by atoms with Crippen molar-refractivity contribution < 1.29 is 19.4 Å². The molecular formula is C10H19NO4. The summed E-state index contributed by atoms with van der Waals surface area (Å²) in [6, 6.07) is -0.710. The third-order valence-corrected chi connectivity index (χ3v) is 2.07. The summed E-state index contributed by atoms with van der Waals surface area (Å²) in [7, 11) is 1.32. The maximum atomic E-state index is 11.3. The molecule has 0 saturated carbocycles. The molecule has 2 N–H and O–H groups in total. The third kappa shape index (κ3) is 5.37. The van der Waals surface area contributed by atoms with Crippen LogP contribution in [0.4, 0.5) is 0 Å². The van der Waals surface area contributed by atoms with Gasteiger partial charge in [-0.15, -0.1) is 0 Å². The van der Waals surface area contributed by atoms with Crippen LogP contribution >= 0.6 is 0 Å². The molecule has 2 unspecified atom stereocenters. The number of nitrogens with one attached hydrogen (secondary N) is 1. The number of rotatable bonds is 6. The molecule has 0 spiro atoms. The highest BCUT2D eigenvalue weighted by Gasteiger charge is 2.24. The van der Waals surface area contributed by atoms with E-state index >= 15 is 0 Å². The molecule has 0 rings (SSSR count). The molecule has 15 heavy (non-hydrogen) atoms. The number of hydrogen-bond acceptors (Lipinski definition) is 4. The number of aliphatic carboxylic acids is 1. The lowest BCUT2D eigenvalue weighted by atomic mass is 10.0. The largest absolute Gasteiger partial charge is 0.481 e. The van der Waals surface area contributed by atoms with E-state index in [0.29, 0.717) is 0 Å². The molecule has 0 aliphatic rings. The van der Waals surface area contributed by atoms with Gasteiger partial charge >= 0.3 is 11.9 Å². The quantitative estimate of drug-likeness (QED) is 0.638. The van der Waals surface area contributed by atoms with Crippen molar-refractivity contribution in [2.75, 3.05) is 7.11 Å². The van der Waals surface area contributed by atoms with Crippen molar-refractivity contribution in [3.63, 3.8) is 0 Å². The normalized spacial score (nSPS) is 14.7. The summed E-state index contributed by atoms with van der Waals surface area (Å²) < 4.78 is 4.63. The summed E-state index contributed by atoms with van der Waals surface area (Å²) in [5, 5.41) is 11.5. The lowest BCUT2D eigenvalue weighted by molar-refractivity contribution is -0.145. The van der Waals surface area contributed by atoms with Gasteiger partial charge in [0.05, 0.1) is 13.5 Å². The number of carboxylic acids is 1. The molecule has 0 aliphatic heterocycles. The molecule has 0 aliphatic carbocycles. The number of esters is 1. The maximum absolute atomic E-state index is 11.3. The zero-order valence-electron chi connectivity index (χ0n) is 9.61. The van der Waals surface area contributed by atoms with Crippen molar-refractivity contribution in [1.29, 1.82) is 0 Å². The molecule has 0 saturated heterocycles. The molecular weight excluding hydrogens is 198 g/mol. The number of carboxylic acid groups (broad SMARTS) is 1. The average Bonchev–Trinajstić information content (AvgIpc) is 2.11. The summed E-state index contributed by atoms with van der Waals surface area (Å²) >= 11 is 0.